The number of nitrogens with one attached hydrogen (secondary N) is 1. The standard InChI is InChI=1S/C24H25NO3/c1-28-24(27)22(13-7-10-18-8-3-2-4-9-18)25-23(26)17-19-14-15-20-11-5-6-12-21(20)16-19/h2-6,8-9,11-12,14-16,22H,7,10,13,17H2,1H3,(H,25,26)/t22-/m1/s1. The third-order valence-electron chi connectivity index (χ3n) is 4.80. The Morgan fingerprint density at radius 1 is 0.893 bits per heavy atom. The maximum absolute atomic E-state index is 12.5. The normalized spacial score (nSPS) is 11.8. The van der Waals surface area contributed by atoms with Gasteiger partial charge < -0.3 is 10.1 Å². The fourth-order valence-corrected chi connectivity index (χ4v) is 3.33. The molecule has 0 saturated heterocycles. The average Bonchev–Trinajstić information content (AvgIpc) is 2.73. The number of benzene rings is 3. The van der Waals surface area contributed by atoms with Crippen LogP contribution in [0.4, 0.5) is 0 Å². The minimum Gasteiger partial charge on any atom is -0.467 e. The second-order valence-corrected chi connectivity index (χ2v) is 6.88. The van der Waals surface area contributed by atoms with Gasteiger partial charge in [-0.05, 0) is 41.2 Å². The lowest BCUT2D eigenvalue weighted by Crippen LogP contribution is -2.42. The number of fused-ring (bicyclic) bond motifs is 1. The lowest BCUT2D eigenvalue weighted by Gasteiger charge is -2.16. The second-order valence-electron chi connectivity index (χ2n) is 6.88. The first-order chi connectivity index (χ1) is 13.7. The van der Waals surface area contributed by atoms with Gasteiger partial charge in [0.15, 0.2) is 0 Å². The van der Waals surface area contributed by atoms with Gasteiger partial charge in [0.25, 0.3) is 0 Å². The summed E-state index contributed by atoms with van der Waals surface area (Å²) in [6, 6.07) is 23.5. The van der Waals surface area contributed by atoms with Crippen LogP contribution in [-0.4, -0.2) is 25.0 Å². The zero-order valence-corrected chi connectivity index (χ0v) is 16.1. The molecule has 4 heteroatoms. The highest BCUT2D eigenvalue weighted by Crippen LogP contribution is 2.16. The molecule has 1 amide bonds. The Morgan fingerprint density at radius 3 is 2.36 bits per heavy atom. The average molecular weight is 375 g/mol. The molecule has 1 atom stereocenters. The summed E-state index contributed by atoms with van der Waals surface area (Å²) >= 11 is 0. The molecule has 1 N–H and O–H groups in total. The van der Waals surface area contributed by atoms with Crippen molar-refractivity contribution in [2.45, 2.75) is 31.7 Å². The molecule has 0 radical (unpaired) electrons. The van der Waals surface area contributed by atoms with E-state index in [1.165, 1.54) is 12.7 Å². The van der Waals surface area contributed by atoms with Crippen LogP contribution in [0.3, 0.4) is 0 Å². The molecular formula is C24H25NO3. The third kappa shape index (κ3) is 5.43. The summed E-state index contributed by atoms with van der Waals surface area (Å²) in [6.45, 7) is 0. The Balaban J connectivity index is 1.57. The number of methoxy groups -OCH3 is 1. The third-order valence-corrected chi connectivity index (χ3v) is 4.80. The van der Waals surface area contributed by atoms with Crippen molar-refractivity contribution in [3.05, 3.63) is 83.9 Å². The van der Waals surface area contributed by atoms with Crippen molar-refractivity contribution in [3.8, 4) is 0 Å². The highest BCUT2D eigenvalue weighted by molar-refractivity contribution is 5.87. The Labute approximate surface area is 165 Å². The first-order valence-corrected chi connectivity index (χ1v) is 9.54. The molecule has 3 aromatic carbocycles. The molecule has 0 bridgehead atoms. The quantitative estimate of drug-likeness (QED) is 0.604. The minimum atomic E-state index is -0.623. The van der Waals surface area contributed by atoms with Gasteiger partial charge in [0.1, 0.15) is 6.04 Å². The minimum absolute atomic E-state index is 0.176. The van der Waals surface area contributed by atoms with Crippen molar-refractivity contribution in [1.82, 2.24) is 5.32 Å². The van der Waals surface area contributed by atoms with Gasteiger partial charge in [-0.25, -0.2) is 4.79 Å². The van der Waals surface area contributed by atoms with E-state index in [-0.39, 0.29) is 12.3 Å². The van der Waals surface area contributed by atoms with Gasteiger partial charge >= 0.3 is 5.97 Å². The van der Waals surface area contributed by atoms with Crippen LogP contribution in [0.15, 0.2) is 72.8 Å². The van der Waals surface area contributed by atoms with Crippen molar-refractivity contribution in [2.24, 2.45) is 0 Å². The van der Waals surface area contributed by atoms with Gasteiger partial charge in [-0.3, -0.25) is 4.79 Å². The topological polar surface area (TPSA) is 55.4 Å². The van der Waals surface area contributed by atoms with E-state index in [0.29, 0.717) is 6.42 Å². The number of ether oxygens (including phenoxy) is 1. The zero-order valence-electron chi connectivity index (χ0n) is 16.1. The fraction of sp³-hybridized carbons (Fsp3) is 0.250. The SMILES string of the molecule is COC(=O)[C@@H](CCCc1ccccc1)NC(=O)Cc1ccc2ccccc2c1. The number of amides is 1. The lowest BCUT2D eigenvalue weighted by molar-refractivity contribution is -0.145. The second kappa shape index (κ2) is 9.70. The Morgan fingerprint density at radius 2 is 1.61 bits per heavy atom. The van der Waals surface area contributed by atoms with Crippen LogP contribution >= 0.6 is 0 Å². The van der Waals surface area contributed by atoms with Gasteiger partial charge in [0.05, 0.1) is 13.5 Å². The fourth-order valence-electron chi connectivity index (χ4n) is 3.33. The number of carbonyl (C=O) groups is 2. The monoisotopic (exact) mass is 375 g/mol. The summed E-state index contributed by atoms with van der Waals surface area (Å²) in [6.07, 6.45) is 2.43. The summed E-state index contributed by atoms with van der Waals surface area (Å²) in [5, 5.41) is 5.07. The van der Waals surface area contributed by atoms with Crippen molar-refractivity contribution in [2.75, 3.05) is 7.11 Å². The van der Waals surface area contributed by atoms with Crippen molar-refractivity contribution >= 4 is 22.6 Å². The van der Waals surface area contributed by atoms with E-state index in [0.717, 1.165) is 29.2 Å². The molecule has 0 aliphatic heterocycles. The maximum atomic E-state index is 12.5. The van der Waals surface area contributed by atoms with Crippen LogP contribution < -0.4 is 5.32 Å². The molecule has 0 heterocycles. The molecular weight excluding hydrogens is 350 g/mol. The van der Waals surface area contributed by atoms with Crippen LogP contribution in [0.5, 0.6) is 0 Å². The highest BCUT2D eigenvalue weighted by Gasteiger charge is 2.21. The van der Waals surface area contributed by atoms with Crippen molar-refractivity contribution < 1.29 is 14.3 Å². The molecule has 0 aromatic heterocycles. The smallest absolute Gasteiger partial charge is 0.328 e. The Hall–Kier alpha value is -3.14. The zero-order chi connectivity index (χ0) is 19.8. The lowest BCUT2D eigenvalue weighted by atomic mass is 10.0. The summed E-state index contributed by atoms with van der Waals surface area (Å²) in [4.78, 5) is 24.6. The van der Waals surface area contributed by atoms with Gasteiger partial charge in [-0.15, -0.1) is 0 Å². The molecule has 3 rings (SSSR count). The highest BCUT2D eigenvalue weighted by atomic mass is 16.5. The van der Waals surface area contributed by atoms with Crippen LogP contribution in [0, 0.1) is 0 Å². The van der Waals surface area contributed by atoms with Gasteiger partial charge in [0.2, 0.25) is 5.91 Å². The predicted octanol–water partition coefficient (Wildman–Crippen LogP) is 4.06. The van der Waals surface area contributed by atoms with E-state index >= 15 is 0 Å². The number of esters is 1. The van der Waals surface area contributed by atoms with Crippen molar-refractivity contribution in [3.63, 3.8) is 0 Å². The van der Waals surface area contributed by atoms with Gasteiger partial charge in [0, 0.05) is 0 Å². The van der Waals surface area contributed by atoms with Crippen LogP contribution in [0.2, 0.25) is 0 Å². The molecule has 4 nitrogen and oxygen atoms in total. The largest absolute Gasteiger partial charge is 0.467 e. The van der Waals surface area contributed by atoms with E-state index in [1.54, 1.807) is 0 Å². The van der Waals surface area contributed by atoms with E-state index in [4.69, 9.17) is 4.74 Å². The summed E-state index contributed by atoms with van der Waals surface area (Å²) in [5.74, 6) is -0.578. The number of aryl methyl sites for hydroxylation is 1. The maximum Gasteiger partial charge on any atom is 0.328 e. The number of rotatable bonds is 8. The molecule has 0 fully saturated rings. The first kappa shape index (κ1) is 19.6. The van der Waals surface area contributed by atoms with E-state index in [9.17, 15) is 9.59 Å². The predicted molar refractivity (Wildman–Crippen MR) is 111 cm³/mol. The summed E-state index contributed by atoms with van der Waals surface area (Å²) < 4.78 is 4.87. The number of carbonyl (C=O) groups excluding carboxylic acids is 2. The molecule has 144 valence electrons. The van der Waals surface area contributed by atoms with Crippen LogP contribution in [-0.2, 0) is 27.2 Å². The van der Waals surface area contributed by atoms with E-state index in [2.05, 4.69) is 17.4 Å². The molecule has 0 unspecified atom stereocenters. The molecule has 0 spiro atoms. The Kier molecular flexibility index (Phi) is 6.79. The van der Waals surface area contributed by atoms with Crippen LogP contribution in [0.1, 0.15) is 24.0 Å². The molecule has 0 aliphatic carbocycles. The number of hydrogen-bond donors (Lipinski definition) is 1. The Bertz CT molecular complexity index is 937. The molecule has 3 aromatic rings. The first-order valence-electron chi connectivity index (χ1n) is 9.54. The summed E-state index contributed by atoms with van der Waals surface area (Å²) in [7, 11) is 1.35. The molecule has 28 heavy (non-hydrogen) atoms. The molecule has 0 aliphatic rings. The summed E-state index contributed by atoms with van der Waals surface area (Å²) in [5.41, 5.74) is 2.14. The molecule has 0 saturated carbocycles. The van der Waals surface area contributed by atoms with Gasteiger partial charge in [-0.2, -0.15) is 0 Å². The van der Waals surface area contributed by atoms with E-state index in [1.807, 2.05) is 60.7 Å². The van der Waals surface area contributed by atoms with Crippen LogP contribution in [0.25, 0.3) is 10.8 Å². The van der Waals surface area contributed by atoms with Gasteiger partial charge in [-0.1, -0.05) is 72.8 Å². The van der Waals surface area contributed by atoms with Crippen molar-refractivity contribution in [1.29, 1.82) is 0 Å². The number of hydrogen-bond acceptors (Lipinski definition) is 3. The van der Waals surface area contributed by atoms with E-state index < -0.39 is 12.0 Å².